The van der Waals surface area contributed by atoms with Gasteiger partial charge in [0.1, 0.15) is 5.75 Å². The molecule has 0 saturated heterocycles. The Morgan fingerprint density at radius 3 is 2.06 bits per heavy atom. The second kappa shape index (κ2) is 10.5. The molecule has 0 saturated carbocycles. The zero-order valence-electron chi connectivity index (χ0n) is 19.3. The summed E-state index contributed by atoms with van der Waals surface area (Å²) in [6, 6.07) is 20.5. The van der Waals surface area contributed by atoms with E-state index in [9.17, 15) is 13.2 Å². The van der Waals surface area contributed by atoms with Crippen LogP contribution in [0.25, 0.3) is 0 Å². The van der Waals surface area contributed by atoms with Gasteiger partial charge in [0, 0.05) is 11.3 Å². The number of amides is 1. The topological polar surface area (TPSA) is 84.5 Å². The lowest BCUT2D eigenvalue weighted by Gasteiger charge is -2.21. The highest BCUT2D eigenvalue weighted by Crippen LogP contribution is 2.24. The van der Waals surface area contributed by atoms with E-state index in [1.807, 2.05) is 31.2 Å². The number of methoxy groups -OCH3 is 1. The van der Waals surface area contributed by atoms with Crippen molar-refractivity contribution >= 4 is 21.6 Å². The first-order valence-electron chi connectivity index (χ1n) is 10.8. The monoisotopic (exact) mass is 466 g/mol. The van der Waals surface area contributed by atoms with E-state index in [4.69, 9.17) is 4.74 Å². The van der Waals surface area contributed by atoms with Crippen LogP contribution in [0.3, 0.4) is 0 Å². The molecule has 33 heavy (non-hydrogen) atoms. The molecule has 6 nitrogen and oxygen atoms in total. The summed E-state index contributed by atoms with van der Waals surface area (Å²) in [4.78, 5) is 13.1. The Bertz CT molecular complexity index is 1170. The average molecular weight is 467 g/mol. The lowest BCUT2D eigenvalue weighted by atomic mass is 9.96. The number of anilines is 1. The van der Waals surface area contributed by atoms with Crippen molar-refractivity contribution in [3.8, 4) is 5.75 Å². The van der Waals surface area contributed by atoms with Crippen molar-refractivity contribution in [2.75, 3.05) is 11.8 Å². The Hall–Kier alpha value is -3.32. The molecule has 1 amide bonds. The van der Waals surface area contributed by atoms with E-state index in [0.717, 1.165) is 23.3 Å². The van der Waals surface area contributed by atoms with Gasteiger partial charge < -0.3 is 10.1 Å². The fourth-order valence-electron chi connectivity index (χ4n) is 3.45. The Kier molecular flexibility index (Phi) is 7.76. The van der Waals surface area contributed by atoms with Crippen molar-refractivity contribution in [2.24, 2.45) is 5.92 Å². The number of hydrogen-bond acceptors (Lipinski definition) is 4. The van der Waals surface area contributed by atoms with E-state index in [1.54, 1.807) is 55.6 Å². The number of rotatable bonds is 9. The van der Waals surface area contributed by atoms with Gasteiger partial charge in [0.25, 0.3) is 15.9 Å². The Labute approximate surface area is 196 Å². The molecule has 0 aliphatic carbocycles. The molecule has 174 valence electrons. The first-order valence-corrected chi connectivity index (χ1v) is 12.3. The third-order valence-electron chi connectivity index (χ3n) is 5.26. The maximum atomic E-state index is 12.9. The number of carbonyl (C=O) groups excluding carboxylic acids is 1. The summed E-state index contributed by atoms with van der Waals surface area (Å²) in [6.45, 7) is 6.11. The molecule has 3 aromatic carbocycles. The van der Waals surface area contributed by atoms with Crippen molar-refractivity contribution in [2.45, 2.75) is 38.1 Å². The van der Waals surface area contributed by atoms with E-state index in [0.29, 0.717) is 17.2 Å². The van der Waals surface area contributed by atoms with Gasteiger partial charge in [-0.1, -0.05) is 43.7 Å². The van der Waals surface area contributed by atoms with Gasteiger partial charge in [0.2, 0.25) is 0 Å². The van der Waals surface area contributed by atoms with E-state index in [-0.39, 0.29) is 16.8 Å². The summed E-state index contributed by atoms with van der Waals surface area (Å²) in [6.07, 6.45) is 0.784. The molecule has 0 unspecified atom stereocenters. The summed E-state index contributed by atoms with van der Waals surface area (Å²) < 4.78 is 32.9. The van der Waals surface area contributed by atoms with Gasteiger partial charge in [-0.05, 0) is 73.4 Å². The lowest BCUT2D eigenvalue weighted by molar-refractivity contribution is 0.0932. The van der Waals surface area contributed by atoms with Crippen LogP contribution in [0.1, 0.15) is 47.8 Å². The minimum Gasteiger partial charge on any atom is -0.497 e. The number of aryl methyl sites for hydroxylation is 1. The highest BCUT2D eigenvalue weighted by atomic mass is 32.2. The molecule has 0 aliphatic heterocycles. The quantitative estimate of drug-likeness (QED) is 0.447. The standard InChI is InChI=1S/C26H30N2O4S/c1-18(2)17-25(20-9-13-23(32-4)14-10-20)27-26(29)21-7-11-22(12-8-21)28-33(30,31)24-15-5-19(3)6-16-24/h5-16,18,25,28H,17H2,1-4H3,(H,27,29)/t25-/m1/s1. The summed E-state index contributed by atoms with van der Waals surface area (Å²) in [5, 5.41) is 3.10. The lowest BCUT2D eigenvalue weighted by Crippen LogP contribution is -2.29. The fourth-order valence-corrected chi connectivity index (χ4v) is 4.51. The Morgan fingerprint density at radius 2 is 1.52 bits per heavy atom. The first kappa shape index (κ1) is 24.3. The summed E-state index contributed by atoms with van der Waals surface area (Å²) in [5.41, 5.74) is 2.83. The van der Waals surface area contributed by atoms with E-state index in [1.165, 1.54) is 0 Å². The number of benzene rings is 3. The number of nitrogens with one attached hydrogen (secondary N) is 2. The molecule has 0 spiro atoms. The summed E-state index contributed by atoms with van der Waals surface area (Å²) >= 11 is 0. The van der Waals surface area contributed by atoms with Gasteiger partial charge in [-0.15, -0.1) is 0 Å². The van der Waals surface area contributed by atoms with Crippen LogP contribution in [0, 0.1) is 12.8 Å². The molecule has 0 fully saturated rings. The molecule has 0 heterocycles. The van der Waals surface area contributed by atoms with Crippen LogP contribution in [0.15, 0.2) is 77.7 Å². The van der Waals surface area contributed by atoms with Gasteiger partial charge in [0.15, 0.2) is 0 Å². The number of sulfonamides is 1. The molecular weight excluding hydrogens is 436 g/mol. The van der Waals surface area contributed by atoms with Crippen molar-refractivity contribution in [1.82, 2.24) is 5.32 Å². The SMILES string of the molecule is COc1ccc([C@@H](CC(C)C)NC(=O)c2ccc(NS(=O)(=O)c3ccc(C)cc3)cc2)cc1. The Morgan fingerprint density at radius 1 is 0.909 bits per heavy atom. The highest BCUT2D eigenvalue weighted by Gasteiger charge is 2.18. The van der Waals surface area contributed by atoms with Crippen molar-refractivity contribution in [3.05, 3.63) is 89.5 Å². The van der Waals surface area contributed by atoms with Gasteiger partial charge in [0.05, 0.1) is 18.0 Å². The second-order valence-corrected chi connectivity index (χ2v) is 10.1. The average Bonchev–Trinajstić information content (AvgIpc) is 2.79. The van der Waals surface area contributed by atoms with Gasteiger partial charge in [-0.25, -0.2) is 8.42 Å². The predicted molar refractivity (Wildman–Crippen MR) is 131 cm³/mol. The smallest absolute Gasteiger partial charge is 0.261 e. The third kappa shape index (κ3) is 6.58. The van der Waals surface area contributed by atoms with Crippen molar-refractivity contribution in [3.63, 3.8) is 0 Å². The molecule has 7 heteroatoms. The maximum absolute atomic E-state index is 12.9. The van der Waals surface area contributed by atoms with Crippen LogP contribution in [0.4, 0.5) is 5.69 Å². The predicted octanol–water partition coefficient (Wildman–Crippen LogP) is 5.32. The molecule has 0 aliphatic rings. The number of carbonyl (C=O) groups is 1. The number of hydrogen-bond donors (Lipinski definition) is 2. The van der Waals surface area contributed by atoms with E-state index < -0.39 is 10.0 Å². The molecule has 3 aromatic rings. The van der Waals surface area contributed by atoms with Crippen molar-refractivity contribution in [1.29, 1.82) is 0 Å². The minimum atomic E-state index is -3.70. The van der Waals surface area contributed by atoms with Crippen LogP contribution in [-0.2, 0) is 10.0 Å². The molecule has 0 bridgehead atoms. The van der Waals surface area contributed by atoms with Crippen LogP contribution >= 0.6 is 0 Å². The zero-order valence-corrected chi connectivity index (χ0v) is 20.1. The molecule has 2 N–H and O–H groups in total. The molecular formula is C26H30N2O4S. The molecule has 1 atom stereocenters. The van der Waals surface area contributed by atoms with E-state index >= 15 is 0 Å². The van der Waals surface area contributed by atoms with Crippen LogP contribution in [0.2, 0.25) is 0 Å². The maximum Gasteiger partial charge on any atom is 0.261 e. The first-order chi connectivity index (χ1) is 15.7. The number of ether oxygens (including phenoxy) is 1. The van der Waals surface area contributed by atoms with Crippen LogP contribution in [-0.4, -0.2) is 21.4 Å². The molecule has 0 radical (unpaired) electrons. The van der Waals surface area contributed by atoms with Gasteiger partial charge >= 0.3 is 0 Å². The van der Waals surface area contributed by atoms with Gasteiger partial charge in [-0.2, -0.15) is 0 Å². The minimum absolute atomic E-state index is 0.150. The zero-order chi connectivity index (χ0) is 24.0. The fraction of sp³-hybridized carbons (Fsp3) is 0.269. The Balaban J connectivity index is 1.71. The van der Waals surface area contributed by atoms with Crippen LogP contribution < -0.4 is 14.8 Å². The normalized spacial score (nSPS) is 12.3. The summed E-state index contributed by atoms with van der Waals surface area (Å²) in [7, 11) is -2.08. The van der Waals surface area contributed by atoms with Crippen LogP contribution in [0.5, 0.6) is 5.75 Å². The van der Waals surface area contributed by atoms with Crippen molar-refractivity contribution < 1.29 is 17.9 Å². The van der Waals surface area contributed by atoms with E-state index in [2.05, 4.69) is 23.9 Å². The third-order valence-corrected chi connectivity index (χ3v) is 6.66. The molecule has 3 rings (SSSR count). The molecule has 0 aromatic heterocycles. The second-order valence-electron chi connectivity index (χ2n) is 8.42. The van der Waals surface area contributed by atoms with Gasteiger partial charge in [-0.3, -0.25) is 9.52 Å². The largest absolute Gasteiger partial charge is 0.497 e. The highest BCUT2D eigenvalue weighted by molar-refractivity contribution is 7.92. The summed E-state index contributed by atoms with van der Waals surface area (Å²) in [5.74, 6) is 0.928.